The molecule has 0 fully saturated rings. The first-order valence-corrected chi connectivity index (χ1v) is 8.34. The summed E-state index contributed by atoms with van der Waals surface area (Å²) in [6, 6.07) is 8.04. The van der Waals surface area contributed by atoms with Crippen LogP contribution in [0.1, 0.15) is 42.9 Å². The van der Waals surface area contributed by atoms with Crippen molar-refractivity contribution in [3.63, 3.8) is 0 Å². The van der Waals surface area contributed by atoms with Gasteiger partial charge in [-0.15, -0.1) is 0 Å². The van der Waals surface area contributed by atoms with E-state index in [1.807, 2.05) is 19.1 Å². The average molecular weight is 359 g/mol. The number of nitrogens with zero attached hydrogens (tertiary/aromatic N) is 1. The number of hydrogen-bond acceptors (Lipinski definition) is 6. The smallest absolute Gasteiger partial charge is 0.268 e. The number of benzene rings is 2. The topological polar surface area (TPSA) is 80.1 Å². The van der Waals surface area contributed by atoms with E-state index in [0.717, 1.165) is 11.1 Å². The van der Waals surface area contributed by atoms with Crippen molar-refractivity contribution >= 4 is 0 Å². The van der Waals surface area contributed by atoms with Crippen LogP contribution < -0.4 is 18.9 Å². The molecule has 1 aliphatic rings. The van der Waals surface area contributed by atoms with Crippen LogP contribution in [0.5, 0.6) is 23.0 Å². The first kappa shape index (κ1) is 17.8. The second-order valence-corrected chi connectivity index (χ2v) is 5.99. The maximum absolute atomic E-state index is 11.2. The molecule has 7 nitrogen and oxygen atoms in total. The Balaban J connectivity index is 1.98. The maximum atomic E-state index is 11.2. The average Bonchev–Trinajstić information content (AvgIpc) is 3.10. The fourth-order valence-electron chi connectivity index (χ4n) is 3.06. The number of rotatable bonds is 6. The van der Waals surface area contributed by atoms with E-state index in [0.29, 0.717) is 35.0 Å². The molecule has 0 aromatic heterocycles. The number of ether oxygens (including phenoxy) is 4. The summed E-state index contributed by atoms with van der Waals surface area (Å²) >= 11 is 0. The Kier molecular flexibility index (Phi) is 4.88. The van der Waals surface area contributed by atoms with E-state index < -0.39 is 12.3 Å². The maximum Gasteiger partial charge on any atom is 0.268 e. The zero-order valence-corrected chi connectivity index (χ0v) is 15.1. The lowest BCUT2D eigenvalue weighted by molar-refractivity contribution is -0.524. The minimum Gasteiger partial charge on any atom is -0.497 e. The molecule has 3 rings (SSSR count). The predicted octanol–water partition coefficient (Wildman–Crippen LogP) is 4.07. The summed E-state index contributed by atoms with van der Waals surface area (Å²) in [4.78, 5) is 10.9. The highest BCUT2D eigenvalue weighted by atomic mass is 16.7. The second kappa shape index (κ2) is 7.11. The van der Waals surface area contributed by atoms with Crippen LogP contribution in [-0.2, 0) is 6.42 Å². The molecule has 2 atom stereocenters. The van der Waals surface area contributed by atoms with Gasteiger partial charge < -0.3 is 18.9 Å². The van der Waals surface area contributed by atoms with Crippen LogP contribution in [0.4, 0.5) is 0 Å². The van der Waals surface area contributed by atoms with Gasteiger partial charge in [-0.25, -0.2) is 0 Å². The minimum absolute atomic E-state index is 0.304. The van der Waals surface area contributed by atoms with Gasteiger partial charge in [0.05, 0.1) is 14.2 Å². The van der Waals surface area contributed by atoms with E-state index in [4.69, 9.17) is 18.9 Å². The Hall–Kier alpha value is -2.96. The van der Waals surface area contributed by atoms with Gasteiger partial charge in [-0.05, 0) is 30.7 Å². The van der Waals surface area contributed by atoms with Gasteiger partial charge >= 0.3 is 0 Å². The first-order chi connectivity index (χ1) is 12.5. The minimum atomic E-state index is -0.810. The van der Waals surface area contributed by atoms with Crippen molar-refractivity contribution in [3.8, 4) is 23.0 Å². The van der Waals surface area contributed by atoms with E-state index in [1.54, 1.807) is 39.3 Å². The van der Waals surface area contributed by atoms with Crippen molar-refractivity contribution in [2.75, 3.05) is 14.2 Å². The molecule has 0 radical (unpaired) electrons. The van der Waals surface area contributed by atoms with E-state index in [2.05, 4.69) is 0 Å². The number of fused-ring (bicyclic) bond motifs is 1. The summed E-state index contributed by atoms with van der Waals surface area (Å²) in [5, 5.41) is 11.2. The molecule has 2 aromatic carbocycles. The quantitative estimate of drug-likeness (QED) is 0.571. The highest BCUT2D eigenvalue weighted by molar-refractivity contribution is 5.54. The van der Waals surface area contributed by atoms with Crippen LogP contribution in [0, 0.1) is 10.1 Å². The fraction of sp³-hybridized carbons (Fsp3) is 0.368. The first-order valence-electron chi connectivity index (χ1n) is 8.34. The molecule has 138 valence electrons. The third-order valence-electron chi connectivity index (χ3n) is 4.49. The Morgan fingerprint density at radius 1 is 1.15 bits per heavy atom. The summed E-state index contributed by atoms with van der Waals surface area (Å²) in [6.07, 6.45) is -0.0609. The van der Waals surface area contributed by atoms with Crippen molar-refractivity contribution in [3.05, 3.63) is 57.1 Å². The molecule has 0 N–H and O–H groups in total. The number of hydrogen-bond donors (Lipinski definition) is 0. The van der Waals surface area contributed by atoms with E-state index in [-0.39, 0.29) is 4.92 Å². The van der Waals surface area contributed by atoms with Crippen molar-refractivity contribution in [1.82, 2.24) is 0 Å². The molecule has 2 aromatic rings. The molecule has 0 amide bonds. The molecule has 0 aliphatic carbocycles. The number of nitro groups is 1. The van der Waals surface area contributed by atoms with E-state index >= 15 is 0 Å². The predicted molar refractivity (Wildman–Crippen MR) is 94.8 cm³/mol. The molecule has 1 heterocycles. The molecule has 0 bridgehead atoms. The van der Waals surface area contributed by atoms with Crippen molar-refractivity contribution in [2.45, 2.75) is 32.6 Å². The van der Waals surface area contributed by atoms with E-state index in [1.165, 1.54) is 0 Å². The van der Waals surface area contributed by atoms with Crippen LogP contribution >= 0.6 is 0 Å². The molecule has 1 aliphatic heterocycles. The summed E-state index contributed by atoms with van der Waals surface area (Å²) < 4.78 is 22.5. The lowest BCUT2D eigenvalue weighted by atomic mass is 9.98. The lowest BCUT2D eigenvalue weighted by Crippen LogP contribution is -2.10. The summed E-state index contributed by atoms with van der Waals surface area (Å²) in [7, 11) is 3.15. The van der Waals surface area contributed by atoms with Gasteiger partial charge in [0.2, 0.25) is 6.04 Å². The van der Waals surface area contributed by atoms with Crippen molar-refractivity contribution < 1.29 is 23.9 Å². The Bertz CT molecular complexity index is 813. The number of methoxy groups -OCH3 is 2. The Morgan fingerprint density at radius 3 is 2.35 bits per heavy atom. The van der Waals surface area contributed by atoms with Gasteiger partial charge in [-0.2, -0.15) is 0 Å². The molecule has 0 spiro atoms. The van der Waals surface area contributed by atoms with Crippen LogP contribution in [0.15, 0.2) is 30.3 Å². The second-order valence-electron chi connectivity index (χ2n) is 5.99. The van der Waals surface area contributed by atoms with Gasteiger partial charge in [0.1, 0.15) is 11.5 Å². The fourth-order valence-corrected chi connectivity index (χ4v) is 3.06. The highest BCUT2D eigenvalue weighted by Gasteiger charge is 2.32. The van der Waals surface area contributed by atoms with Crippen molar-refractivity contribution in [1.29, 1.82) is 0 Å². The van der Waals surface area contributed by atoms with Gasteiger partial charge in [0.25, 0.3) is 6.29 Å². The normalized spacial score (nSPS) is 16.2. The SMILES string of the molecule is CCc1c(C(C)[N+](=O)[O-])ccc2c1OC(c1cc(OC)cc(OC)c1)O2. The molecular weight excluding hydrogens is 338 g/mol. The third-order valence-corrected chi connectivity index (χ3v) is 4.49. The molecule has 26 heavy (non-hydrogen) atoms. The molecule has 7 heteroatoms. The molecule has 0 saturated heterocycles. The van der Waals surface area contributed by atoms with Crippen LogP contribution in [-0.4, -0.2) is 19.1 Å². The Morgan fingerprint density at radius 2 is 1.81 bits per heavy atom. The largest absolute Gasteiger partial charge is 0.497 e. The van der Waals surface area contributed by atoms with Crippen LogP contribution in [0.3, 0.4) is 0 Å². The van der Waals surface area contributed by atoms with Crippen molar-refractivity contribution in [2.24, 2.45) is 0 Å². The van der Waals surface area contributed by atoms with Gasteiger partial charge in [-0.1, -0.05) is 6.92 Å². The van der Waals surface area contributed by atoms with Crippen LogP contribution in [0.2, 0.25) is 0 Å². The molecule has 0 saturated carbocycles. The summed E-state index contributed by atoms with van der Waals surface area (Å²) in [5.41, 5.74) is 2.18. The summed E-state index contributed by atoms with van der Waals surface area (Å²) in [6.45, 7) is 3.51. The summed E-state index contributed by atoms with van der Waals surface area (Å²) in [5.74, 6) is 2.39. The van der Waals surface area contributed by atoms with Gasteiger partial charge in [0, 0.05) is 34.6 Å². The molecule has 2 unspecified atom stereocenters. The lowest BCUT2D eigenvalue weighted by Gasteiger charge is -2.14. The standard InChI is InChI=1S/C19H21NO6/c1-5-15-16(11(2)20(21)22)6-7-17-18(15)26-19(25-17)12-8-13(23-3)10-14(9-12)24-4/h6-11,19H,5H2,1-4H3. The van der Waals surface area contributed by atoms with Gasteiger partial charge in [-0.3, -0.25) is 10.1 Å². The Labute approximate surface area is 151 Å². The van der Waals surface area contributed by atoms with E-state index in [9.17, 15) is 10.1 Å². The van der Waals surface area contributed by atoms with Gasteiger partial charge in [0.15, 0.2) is 11.5 Å². The highest BCUT2D eigenvalue weighted by Crippen LogP contribution is 2.46. The zero-order valence-electron chi connectivity index (χ0n) is 15.1. The molecular formula is C19H21NO6. The monoisotopic (exact) mass is 359 g/mol. The zero-order chi connectivity index (χ0) is 18.8. The van der Waals surface area contributed by atoms with Crippen LogP contribution in [0.25, 0.3) is 0 Å². The third kappa shape index (κ3) is 3.12.